The molecule has 2 heteroatoms. The summed E-state index contributed by atoms with van der Waals surface area (Å²) in [5.41, 5.74) is 6.74. The quantitative estimate of drug-likeness (QED) is 0.779. The molecular weight excluding hydrogens is 174 g/mol. The summed E-state index contributed by atoms with van der Waals surface area (Å²) in [5.74, 6) is 0.432. The lowest BCUT2D eigenvalue weighted by atomic mass is 10.1. The molecule has 0 saturated carbocycles. The second-order valence-corrected chi connectivity index (χ2v) is 3.73. The molecule has 0 radical (unpaired) electrons. The third kappa shape index (κ3) is 3.48. The van der Waals surface area contributed by atoms with Crippen LogP contribution in [0, 0.1) is 5.92 Å². The summed E-state index contributed by atoms with van der Waals surface area (Å²) in [6, 6.07) is 10.2. The first kappa shape index (κ1) is 11.2. The molecule has 0 aromatic heterocycles. The second kappa shape index (κ2) is 5.78. The van der Waals surface area contributed by atoms with Gasteiger partial charge in [-0.05, 0) is 24.9 Å². The van der Waals surface area contributed by atoms with Crippen LogP contribution in [0.15, 0.2) is 30.3 Å². The maximum absolute atomic E-state index is 5.70. The summed E-state index contributed by atoms with van der Waals surface area (Å²) in [6.45, 7) is 5.57. The molecule has 0 bridgehead atoms. The van der Waals surface area contributed by atoms with E-state index >= 15 is 0 Å². The van der Waals surface area contributed by atoms with Crippen LogP contribution in [0.4, 0.5) is 0 Å². The van der Waals surface area contributed by atoms with Crippen molar-refractivity contribution in [2.75, 3.05) is 13.2 Å². The van der Waals surface area contributed by atoms with E-state index in [2.05, 4.69) is 26.0 Å². The fourth-order valence-electron chi connectivity index (χ4n) is 1.20. The van der Waals surface area contributed by atoms with Gasteiger partial charge in [0.25, 0.3) is 0 Å². The number of benzene rings is 1. The van der Waals surface area contributed by atoms with Gasteiger partial charge in [0.2, 0.25) is 0 Å². The first-order chi connectivity index (χ1) is 6.74. The molecule has 0 spiro atoms. The lowest BCUT2D eigenvalue weighted by molar-refractivity contribution is 0.0450. The van der Waals surface area contributed by atoms with Gasteiger partial charge >= 0.3 is 0 Å². The van der Waals surface area contributed by atoms with Crippen molar-refractivity contribution >= 4 is 0 Å². The molecule has 0 aliphatic rings. The van der Waals surface area contributed by atoms with E-state index in [0.29, 0.717) is 12.5 Å². The Kier molecular flexibility index (Phi) is 4.63. The number of hydrogen-bond donors (Lipinski definition) is 1. The minimum absolute atomic E-state index is 0.158. The van der Waals surface area contributed by atoms with Crippen LogP contribution in [0.1, 0.15) is 25.5 Å². The molecule has 1 aromatic carbocycles. The van der Waals surface area contributed by atoms with E-state index < -0.39 is 0 Å². The molecule has 14 heavy (non-hydrogen) atoms. The van der Waals surface area contributed by atoms with Gasteiger partial charge in [-0.15, -0.1) is 0 Å². The van der Waals surface area contributed by atoms with E-state index in [0.717, 1.165) is 6.61 Å². The van der Waals surface area contributed by atoms with Gasteiger partial charge in [-0.2, -0.15) is 0 Å². The summed E-state index contributed by atoms with van der Waals surface area (Å²) in [4.78, 5) is 0. The highest BCUT2D eigenvalue weighted by Crippen LogP contribution is 2.16. The van der Waals surface area contributed by atoms with Crippen LogP contribution < -0.4 is 5.73 Å². The lowest BCUT2D eigenvalue weighted by Crippen LogP contribution is -2.17. The summed E-state index contributed by atoms with van der Waals surface area (Å²) >= 11 is 0. The molecule has 1 rings (SSSR count). The van der Waals surface area contributed by atoms with E-state index in [1.165, 1.54) is 5.56 Å². The summed E-state index contributed by atoms with van der Waals surface area (Å²) in [7, 11) is 0. The van der Waals surface area contributed by atoms with Gasteiger partial charge in [0.1, 0.15) is 0 Å². The predicted octanol–water partition coefficient (Wildman–Crippen LogP) is 2.36. The van der Waals surface area contributed by atoms with Crippen LogP contribution >= 0.6 is 0 Å². The molecular formula is C12H19NO. The molecule has 2 unspecified atom stereocenters. The standard InChI is InChI=1S/C12H19NO/c1-10(8-13)9-14-11(2)12-6-4-3-5-7-12/h3-7,10-11H,8-9,13H2,1-2H3. The van der Waals surface area contributed by atoms with Gasteiger partial charge in [-0.3, -0.25) is 0 Å². The maximum Gasteiger partial charge on any atom is 0.0796 e. The van der Waals surface area contributed by atoms with E-state index in [1.807, 2.05) is 18.2 Å². The van der Waals surface area contributed by atoms with Gasteiger partial charge < -0.3 is 10.5 Å². The third-order valence-corrected chi connectivity index (χ3v) is 2.30. The average Bonchev–Trinajstić information content (AvgIpc) is 2.26. The largest absolute Gasteiger partial charge is 0.373 e. The highest BCUT2D eigenvalue weighted by atomic mass is 16.5. The molecule has 0 aliphatic carbocycles. The highest BCUT2D eigenvalue weighted by Gasteiger charge is 2.06. The van der Waals surface area contributed by atoms with E-state index in [9.17, 15) is 0 Å². The first-order valence-corrected chi connectivity index (χ1v) is 5.10. The van der Waals surface area contributed by atoms with Crippen molar-refractivity contribution < 1.29 is 4.74 Å². The Morgan fingerprint density at radius 3 is 2.43 bits per heavy atom. The molecule has 0 amide bonds. The molecule has 0 saturated heterocycles. The van der Waals surface area contributed by atoms with Crippen molar-refractivity contribution in [2.24, 2.45) is 11.7 Å². The zero-order valence-corrected chi connectivity index (χ0v) is 8.94. The highest BCUT2D eigenvalue weighted by molar-refractivity contribution is 5.16. The normalized spacial score (nSPS) is 15.1. The van der Waals surface area contributed by atoms with Gasteiger partial charge in [0, 0.05) is 0 Å². The SMILES string of the molecule is CC(CN)COC(C)c1ccccc1. The zero-order chi connectivity index (χ0) is 10.4. The number of hydrogen-bond acceptors (Lipinski definition) is 2. The Labute approximate surface area is 86.1 Å². The Morgan fingerprint density at radius 1 is 1.21 bits per heavy atom. The van der Waals surface area contributed by atoms with Crippen molar-refractivity contribution in [1.29, 1.82) is 0 Å². The Morgan fingerprint density at radius 2 is 1.86 bits per heavy atom. The second-order valence-electron chi connectivity index (χ2n) is 3.73. The zero-order valence-electron chi connectivity index (χ0n) is 8.94. The van der Waals surface area contributed by atoms with Gasteiger partial charge in [-0.1, -0.05) is 37.3 Å². The molecule has 78 valence electrons. The molecule has 0 aliphatic heterocycles. The van der Waals surface area contributed by atoms with Crippen molar-refractivity contribution in [3.63, 3.8) is 0 Å². The van der Waals surface area contributed by atoms with E-state index in [1.54, 1.807) is 0 Å². The van der Waals surface area contributed by atoms with Crippen LogP contribution in [0.3, 0.4) is 0 Å². The van der Waals surface area contributed by atoms with Crippen molar-refractivity contribution in [1.82, 2.24) is 0 Å². The summed E-state index contributed by atoms with van der Waals surface area (Å²) in [6.07, 6.45) is 0.158. The Hall–Kier alpha value is -0.860. The van der Waals surface area contributed by atoms with Crippen LogP contribution in [0.5, 0.6) is 0 Å². The van der Waals surface area contributed by atoms with Gasteiger partial charge in [-0.25, -0.2) is 0 Å². The fraction of sp³-hybridized carbons (Fsp3) is 0.500. The monoisotopic (exact) mass is 193 g/mol. The van der Waals surface area contributed by atoms with Crippen LogP contribution in [0.2, 0.25) is 0 Å². The lowest BCUT2D eigenvalue weighted by Gasteiger charge is -2.16. The maximum atomic E-state index is 5.70. The van der Waals surface area contributed by atoms with Crippen LogP contribution in [-0.2, 0) is 4.74 Å². The minimum Gasteiger partial charge on any atom is -0.373 e. The fourth-order valence-corrected chi connectivity index (χ4v) is 1.20. The topological polar surface area (TPSA) is 35.2 Å². The third-order valence-electron chi connectivity index (χ3n) is 2.30. The first-order valence-electron chi connectivity index (χ1n) is 5.10. The minimum atomic E-state index is 0.158. The molecule has 2 atom stereocenters. The average molecular weight is 193 g/mol. The molecule has 0 heterocycles. The number of rotatable bonds is 5. The predicted molar refractivity (Wildman–Crippen MR) is 59.0 cm³/mol. The van der Waals surface area contributed by atoms with Crippen molar-refractivity contribution in [2.45, 2.75) is 20.0 Å². The number of nitrogens with two attached hydrogens (primary N) is 1. The van der Waals surface area contributed by atoms with E-state index in [-0.39, 0.29) is 6.10 Å². The summed E-state index contributed by atoms with van der Waals surface area (Å²) < 4.78 is 5.70. The molecule has 1 aromatic rings. The Balaban J connectivity index is 2.39. The molecule has 2 N–H and O–H groups in total. The smallest absolute Gasteiger partial charge is 0.0796 e. The molecule has 0 fully saturated rings. The van der Waals surface area contributed by atoms with Gasteiger partial charge in [0.05, 0.1) is 12.7 Å². The molecule has 2 nitrogen and oxygen atoms in total. The van der Waals surface area contributed by atoms with Gasteiger partial charge in [0.15, 0.2) is 0 Å². The van der Waals surface area contributed by atoms with E-state index in [4.69, 9.17) is 10.5 Å². The summed E-state index contributed by atoms with van der Waals surface area (Å²) in [5, 5.41) is 0. The van der Waals surface area contributed by atoms with Crippen molar-refractivity contribution in [3.05, 3.63) is 35.9 Å². The van der Waals surface area contributed by atoms with Crippen molar-refractivity contribution in [3.8, 4) is 0 Å². The van der Waals surface area contributed by atoms with Crippen LogP contribution in [-0.4, -0.2) is 13.2 Å². The van der Waals surface area contributed by atoms with Crippen LogP contribution in [0.25, 0.3) is 0 Å². The number of ether oxygens (including phenoxy) is 1. The Bertz CT molecular complexity index is 248.